The van der Waals surface area contributed by atoms with Gasteiger partial charge in [-0.1, -0.05) is 46.4 Å². The lowest BCUT2D eigenvalue weighted by molar-refractivity contribution is 0.0812. The number of halogens is 2. The van der Waals surface area contributed by atoms with E-state index in [0.717, 1.165) is 21.8 Å². The summed E-state index contributed by atoms with van der Waals surface area (Å²) in [4.78, 5) is 0. The molecule has 1 saturated carbocycles. The van der Waals surface area contributed by atoms with Gasteiger partial charge in [-0.05, 0) is 42.9 Å². The van der Waals surface area contributed by atoms with Crippen molar-refractivity contribution in [2.45, 2.75) is 32.1 Å². The molecular formula is C15H19BrClN. The molecule has 0 amide bonds. The minimum absolute atomic E-state index is 0.480. The molecule has 0 spiro atoms. The van der Waals surface area contributed by atoms with Crippen LogP contribution in [0.25, 0.3) is 0 Å². The summed E-state index contributed by atoms with van der Waals surface area (Å²) in [6.07, 6.45) is 6.80. The zero-order valence-electron chi connectivity index (χ0n) is 10.5. The third kappa shape index (κ3) is 2.35. The number of nitrogens with one attached hydrogen (secondary N) is 1. The Morgan fingerprint density at radius 1 is 1.28 bits per heavy atom. The van der Waals surface area contributed by atoms with Crippen molar-refractivity contribution in [3.8, 4) is 0 Å². The lowest BCUT2D eigenvalue weighted by Gasteiger charge is -2.48. The summed E-state index contributed by atoms with van der Waals surface area (Å²) in [5.74, 6) is 0.901. The maximum atomic E-state index is 6.37. The lowest BCUT2D eigenvalue weighted by Crippen LogP contribution is -2.58. The highest BCUT2D eigenvalue weighted by Crippen LogP contribution is 2.45. The zero-order valence-corrected chi connectivity index (χ0v) is 12.9. The summed E-state index contributed by atoms with van der Waals surface area (Å²) < 4.78 is 1.07. The highest BCUT2D eigenvalue weighted by Gasteiger charge is 2.44. The van der Waals surface area contributed by atoms with E-state index in [1.54, 1.807) is 0 Å². The van der Waals surface area contributed by atoms with Crippen LogP contribution in [0, 0.1) is 11.3 Å². The van der Waals surface area contributed by atoms with Crippen LogP contribution in [-0.2, 0) is 6.42 Å². The molecule has 1 N–H and O–H groups in total. The molecule has 1 aliphatic heterocycles. The van der Waals surface area contributed by atoms with Crippen LogP contribution in [0.1, 0.15) is 31.2 Å². The third-order valence-electron chi connectivity index (χ3n) is 4.73. The summed E-state index contributed by atoms with van der Waals surface area (Å²) in [5, 5.41) is 4.39. The highest BCUT2D eigenvalue weighted by atomic mass is 79.9. The molecular weight excluding hydrogens is 310 g/mol. The molecule has 98 valence electrons. The average Bonchev–Trinajstić information content (AvgIpc) is 2.79. The summed E-state index contributed by atoms with van der Waals surface area (Å²) in [7, 11) is 0. The Kier molecular flexibility index (Phi) is 3.70. The number of hydrogen-bond donors (Lipinski definition) is 1. The Morgan fingerprint density at radius 2 is 2.00 bits per heavy atom. The van der Waals surface area contributed by atoms with Gasteiger partial charge in [0.1, 0.15) is 0 Å². The SMILES string of the molecule is Clc1cc(Br)ccc1CC1(C2CCCC2)CNC1. The van der Waals surface area contributed by atoms with E-state index in [-0.39, 0.29) is 0 Å². The second kappa shape index (κ2) is 5.15. The van der Waals surface area contributed by atoms with Crippen molar-refractivity contribution >= 4 is 27.5 Å². The number of hydrogen-bond acceptors (Lipinski definition) is 1. The fourth-order valence-electron chi connectivity index (χ4n) is 3.59. The van der Waals surface area contributed by atoms with Crippen LogP contribution in [0.3, 0.4) is 0 Å². The van der Waals surface area contributed by atoms with Crippen LogP contribution in [0.5, 0.6) is 0 Å². The van der Waals surface area contributed by atoms with Crippen LogP contribution >= 0.6 is 27.5 Å². The second-order valence-electron chi connectivity index (χ2n) is 5.86. The molecule has 0 atom stereocenters. The van der Waals surface area contributed by atoms with Gasteiger partial charge in [0.25, 0.3) is 0 Å². The van der Waals surface area contributed by atoms with Crippen molar-refractivity contribution in [3.05, 3.63) is 33.3 Å². The first-order valence-corrected chi connectivity index (χ1v) is 8.01. The monoisotopic (exact) mass is 327 g/mol. The van der Waals surface area contributed by atoms with Gasteiger partial charge in [-0.25, -0.2) is 0 Å². The van der Waals surface area contributed by atoms with Crippen LogP contribution in [-0.4, -0.2) is 13.1 Å². The Bertz CT molecular complexity index is 436. The van der Waals surface area contributed by atoms with Crippen molar-refractivity contribution in [1.82, 2.24) is 5.32 Å². The molecule has 18 heavy (non-hydrogen) atoms. The maximum absolute atomic E-state index is 6.37. The Labute approximate surface area is 122 Å². The van der Waals surface area contributed by atoms with Crippen LogP contribution in [0.2, 0.25) is 5.02 Å². The largest absolute Gasteiger partial charge is 0.315 e. The molecule has 2 fully saturated rings. The van der Waals surface area contributed by atoms with E-state index in [0.29, 0.717) is 5.41 Å². The van der Waals surface area contributed by atoms with Crippen LogP contribution < -0.4 is 5.32 Å². The van der Waals surface area contributed by atoms with E-state index in [4.69, 9.17) is 11.6 Å². The molecule has 1 saturated heterocycles. The summed E-state index contributed by atoms with van der Waals surface area (Å²) in [6, 6.07) is 6.31. The second-order valence-corrected chi connectivity index (χ2v) is 7.18. The van der Waals surface area contributed by atoms with Gasteiger partial charge >= 0.3 is 0 Å². The van der Waals surface area contributed by atoms with Gasteiger partial charge in [0.2, 0.25) is 0 Å². The Morgan fingerprint density at radius 3 is 2.56 bits per heavy atom. The van der Waals surface area contributed by atoms with Gasteiger partial charge in [0.15, 0.2) is 0 Å². The maximum Gasteiger partial charge on any atom is 0.0449 e. The smallest absolute Gasteiger partial charge is 0.0449 e. The van der Waals surface area contributed by atoms with Crippen LogP contribution in [0.4, 0.5) is 0 Å². The van der Waals surface area contributed by atoms with Gasteiger partial charge in [-0.2, -0.15) is 0 Å². The van der Waals surface area contributed by atoms with Gasteiger partial charge in [0.05, 0.1) is 0 Å². The molecule has 0 unspecified atom stereocenters. The number of benzene rings is 1. The van der Waals surface area contributed by atoms with E-state index in [2.05, 4.69) is 33.4 Å². The van der Waals surface area contributed by atoms with Crippen molar-refractivity contribution in [1.29, 1.82) is 0 Å². The molecule has 0 bridgehead atoms. The highest BCUT2D eigenvalue weighted by molar-refractivity contribution is 9.10. The molecule has 1 nitrogen and oxygen atoms in total. The standard InChI is InChI=1S/C15H19BrClN/c16-13-6-5-11(14(17)7-13)8-15(9-18-10-15)12-3-1-2-4-12/h5-7,12,18H,1-4,8-10H2. The third-order valence-corrected chi connectivity index (χ3v) is 5.58. The summed E-state index contributed by atoms with van der Waals surface area (Å²) >= 11 is 9.85. The first-order chi connectivity index (χ1) is 8.70. The Hall–Kier alpha value is -0.0500. The fraction of sp³-hybridized carbons (Fsp3) is 0.600. The zero-order chi connectivity index (χ0) is 12.6. The van der Waals surface area contributed by atoms with Crippen molar-refractivity contribution < 1.29 is 0 Å². The predicted octanol–water partition coefficient (Wildman–Crippen LogP) is 4.42. The molecule has 2 aliphatic rings. The molecule has 1 aromatic rings. The summed E-state index contributed by atoms with van der Waals surface area (Å²) in [5.41, 5.74) is 1.79. The minimum Gasteiger partial charge on any atom is -0.315 e. The van der Waals surface area contributed by atoms with Gasteiger partial charge < -0.3 is 5.32 Å². The van der Waals surface area contributed by atoms with Gasteiger partial charge in [-0.3, -0.25) is 0 Å². The van der Waals surface area contributed by atoms with E-state index < -0.39 is 0 Å². The van der Waals surface area contributed by atoms with Crippen molar-refractivity contribution in [2.24, 2.45) is 11.3 Å². The minimum atomic E-state index is 0.480. The van der Waals surface area contributed by atoms with E-state index >= 15 is 0 Å². The molecule has 0 radical (unpaired) electrons. The molecule has 1 heterocycles. The first-order valence-electron chi connectivity index (χ1n) is 6.84. The van der Waals surface area contributed by atoms with Crippen molar-refractivity contribution in [3.63, 3.8) is 0 Å². The predicted molar refractivity (Wildman–Crippen MR) is 80.1 cm³/mol. The molecule has 1 aromatic carbocycles. The molecule has 3 heteroatoms. The first kappa shape index (κ1) is 13.0. The molecule has 0 aromatic heterocycles. The van der Waals surface area contributed by atoms with Gasteiger partial charge in [0, 0.05) is 28.0 Å². The molecule has 1 aliphatic carbocycles. The topological polar surface area (TPSA) is 12.0 Å². The lowest BCUT2D eigenvalue weighted by atomic mass is 9.66. The average molecular weight is 329 g/mol. The van der Waals surface area contributed by atoms with E-state index in [1.807, 2.05) is 6.07 Å². The van der Waals surface area contributed by atoms with Crippen molar-refractivity contribution in [2.75, 3.05) is 13.1 Å². The Balaban J connectivity index is 1.80. The molecule has 3 rings (SSSR count). The fourth-order valence-corrected chi connectivity index (χ4v) is 4.33. The van der Waals surface area contributed by atoms with Gasteiger partial charge in [-0.15, -0.1) is 0 Å². The normalized spacial score (nSPS) is 23.0. The summed E-state index contributed by atoms with van der Waals surface area (Å²) in [6.45, 7) is 2.34. The quantitative estimate of drug-likeness (QED) is 0.866. The number of rotatable bonds is 3. The van der Waals surface area contributed by atoms with E-state index in [1.165, 1.54) is 44.3 Å². The van der Waals surface area contributed by atoms with E-state index in [9.17, 15) is 0 Å². The van der Waals surface area contributed by atoms with Crippen LogP contribution in [0.15, 0.2) is 22.7 Å².